The first-order valence-corrected chi connectivity index (χ1v) is 52.0. The van der Waals surface area contributed by atoms with Crippen LogP contribution in [0.1, 0.15) is 275 Å². The summed E-state index contributed by atoms with van der Waals surface area (Å²) >= 11 is 0. The minimum atomic E-state index is -2.92. The molecule has 6 aromatic carbocycles. The van der Waals surface area contributed by atoms with Gasteiger partial charge in [0.1, 0.15) is 23.0 Å². The summed E-state index contributed by atoms with van der Waals surface area (Å²) in [6.07, 6.45) is 27.4. The highest BCUT2D eigenvalue weighted by molar-refractivity contribution is 7.02. The molecule has 0 aliphatic heterocycles. The van der Waals surface area contributed by atoms with Crippen LogP contribution in [-0.4, -0.2) is 62.3 Å². The molecule has 0 atom stereocenters. The second-order valence-electron chi connectivity index (χ2n) is 32.9. The van der Waals surface area contributed by atoms with Gasteiger partial charge < -0.3 is 32.8 Å². The maximum atomic E-state index is 10.9. The lowest BCUT2D eigenvalue weighted by Gasteiger charge is -2.43. The molecule has 0 amide bonds. The Hall–Kier alpha value is -4.52. The quantitative estimate of drug-likeness (QED) is 0.0224. The maximum absolute atomic E-state index is 10.9. The number of benzene rings is 6. The first-order valence-electron chi connectivity index (χ1n) is 37.7. The monoisotopic (exact) mass is 1440 g/mol. The molecule has 0 aliphatic carbocycles. The average molecular weight is 1440 g/mol. The number of phenolic OH excluding ortho intramolecular Hbond substituents is 4. The van der Waals surface area contributed by atoms with Crippen LogP contribution in [0, 0.1) is 13.8 Å². The number of aryl methyl sites for hydroxylation is 2. The molecular formula is C87H146O7Si5. The molecule has 4 N–H and O–H groups in total. The van der Waals surface area contributed by atoms with Gasteiger partial charge in [-0.05, 0) is 205 Å². The molecule has 0 unspecified atom stereocenters. The Bertz CT molecular complexity index is 3010. The molecule has 0 saturated heterocycles. The van der Waals surface area contributed by atoms with Gasteiger partial charge in [0, 0.05) is 11.8 Å². The average Bonchev–Trinajstić information content (AvgIpc) is 0.765. The van der Waals surface area contributed by atoms with E-state index in [9.17, 15) is 20.4 Å². The van der Waals surface area contributed by atoms with Gasteiger partial charge in [0.05, 0.1) is 0 Å². The van der Waals surface area contributed by atoms with E-state index >= 15 is 0 Å². The third-order valence-corrected chi connectivity index (χ3v) is 39.3. The van der Waals surface area contributed by atoms with Gasteiger partial charge >= 0.3 is 8.56 Å². The van der Waals surface area contributed by atoms with Crippen molar-refractivity contribution in [3.8, 4) is 23.0 Å². The molecule has 556 valence electrons. The van der Waals surface area contributed by atoms with E-state index in [1.165, 1.54) is 167 Å². The zero-order valence-corrected chi connectivity index (χ0v) is 68.8. The lowest BCUT2D eigenvalue weighted by molar-refractivity contribution is 0.403. The molecule has 0 aromatic heterocycles. The number of aromatic hydroxyl groups is 4. The molecule has 0 bridgehead atoms. The van der Waals surface area contributed by atoms with Crippen molar-refractivity contribution >= 4 is 52.2 Å². The van der Waals surface area contributed by atoms with Crippen molar-refractivity contribution in [1.82, 2.24) is 0 Å². The van der Waals surface area contributed by atoms with Crippen LogP contribution in [0.5, 0.6) is 23.0 Å². The summed E-state index contributed by atoms with van der Waals surface area (Å²) < 4.78 is 21.8. The Kier molecular flexibility index (Phi) is 39.3. The first-order chi connectivity index (χ1) is 45.2. The third-order valence-electron chi connectivity index (χ3n) is 19.7. The van der Waals surface area contributed by atoms with E-state index in [1.807, 2.05) is 36.4 Å². The van der Waals surface area contributed by atoms with Gasteiger partial charge in [-0.2, -0.15) is 0 Å². The lowest BCUT2D eigenvalue weighted by Crippen LogP contribution is -2.70. The van der Waals surface area contributed by atoms with Gasteiger partial charge in [-0.1, -0.05) is 303 Å². The topological polar surface area (TPSA) is 109 Å². The van der Waals surface area contributed by atoms with Crippen LogP contribution in [0.4, 0.5) is 0 Å². The number of phenols is 4. The minimum Gasteiger partial charge on any atom is -0.508 e. The smallest absolute Gasteiger partial charge is 0.386 e. The molecule has 0 fully saturated rings. The van der Waals surface area contributed by atoms with Crippen molar-refractivity contribution in [1.29, 1.82) is 0 Å². The molecule has 6 rings (SSSR count). The Labute approximate surface area is 614 Å². The summed E-state index contributed by atoms with van der Waals surface area (Å²) in [5.41, 5.74) is 9.05. The summed E-state index contributed by atoms with van der Waals surface area (Å²) in [5, 5.41) is 43.8. The second kappa shape index (κ2) is 42.9. The van der Waals surface area contributed by atoms with Crippen molar-refractivity contribution in [2.24, 2.45) is 0 Å². The predicted octanol–water partition coefficient (Wildman–Crippen LogP) is 26.3. The van der Waals surface area contributed by atoms with Crippen molar-refractivity contribution in [2.75, 3.05) is 0 Å². The fourth-order valence-electron chi connectivity index (χ4n) is 14.4. The number of unbranched alkanes of at least 4 members (excludes halogenated alkanes) is 16. The molecule has 0 saturated carbocycles. The Morgan fingerprint density at radius 3 is 0.939 bits per heavy atom. The SMILES string of the molecule is C.C.C.CCCC[Si](C)(C)O[Si](C)(C)CCCCCCCCCCC(c1cc(C(C)(C)C)c(O)cc1C)c1cc(C(C)(C)C)c(O)cc1C.CCCC[Si](C)(C)O[Si](O[Si](C)(C)CCCCCCCCCCC(c1ccc(O)cc1)c1ccc(O)cc1)(c1ccccc1)c1ccccc1. The number of rotatable bonds is 40. The fourth-order valence-corrected chi connectivity index (χ4v) is 36.9. The standard InChI is InChI=1S/C43H62O4Si3.C41H72O3Si2.3CH4/c1-6-7-35-48(2,3)46-50(41-22-16-14-17-23-41,42-24-18-15-19-25-42)47-49(4,5)36-21-13-11-9-8-10-12-20-26-43(37-27-31-39(44)32-28-37)38-29-33-40(45)34-30-38;1-14-15-25-45(10,11)44-46(12,13)26-23-21-19-17-16-18-20-22-24-33(34-29-36(40(4,5)6)38(42)27-31(34)2)35-30-37(41(7,8)9)39(43)28-32(35)3;;;/h14-19,22-25,27-34,43-45H,6-13,20-21,26,35-36H2,1-5H3;27-30,33,42-43H,14-26H2,1-13H3;3*1H4. The lowest BCUT2D eigenvalue weighted by atomic mass is 9.76. The number of hydrogen-bond acceptors (Lipinski definition) is 7. The highest BCUT2D eigenvalue weighted by Gasteiger charge is 2.50. The molecule has 99 heavy (non-hydrogen) atoms. The van der Waals surface area contributed by atoms with Crippen molar-refractivity contribution in [3.05, 3.63) is 178 Å². The summed E-state index contributed by atoms with van der Waals surface area (Å²) in [6.45, 7) is 41.2. The van der Waals surface area contributed by atoms with E-state index in [1.54, 1.807) is 24.3 Å². The highest BCUT2D eigenvalue weighted by Crippen LogP contribution is 2.43. The van der Waals surface area contributed by atoms with Gasteiger partial charge in [0.15, 0.2) is 33.3 Å². The summed E-state index contributed by atoms with van der Waals surface area (Å²) in [4.78, 5) is 0. The highest BCUT2D eigenvalue weighted by atomic mass is 28.5. The second-order valence-corrected chi connectivity index (χ2v) is 53.8. The summed E-state index contributed by atoms with van der Waals surface area (Å²) in [7, 11) is -10.0. The van der Waals surface area contributed by atoms with E-state index in [-0.39, 0.29) is 44.9 Å². The predicted molar refractivity (Wildman–Crippen MR) is 446 cm³/mol. The van der Waals surface area contributed by atoms with Gasteiger partial charge in [-0.25, -0.2) is 0 Å². The zero-order chi connectivity index (χ0) is 70.8. The maximum Gasteiger partial charge on any atom is 0.386 e. The van der Waals surface area contributed by atoms with E-state index in [0.717, 1.165) is 53.6 Å². The first kappa shape index (κ1) is 90.6. The molecule has 0 spiro atoms. The third kappa shape index (κ3) is 30.8. The summed E-state index contributed by atoms with van der Waals surface area (Å²) in [6, 6.07) is 50.3. The van der Waals surface area contributed by atoms with Crippen molar-refractivity contribution in [3.63, 3.8) is 0 Å². The van der Waals surface area contributed by atoms with Crippen molar-refractivity contribution in [2.45, 2.75) is 332 Å². The Balaban J connectivity index is 0.000000656. The fraction of sp³-hybridized carbons (Fsp3) is 0.586. The minimum absolute atomic E-state index is 0. The van der Waals surface area contributed by atoms with Crippen LogP contribution in [0.2, 0.25) is 76.6 Å². The molecule has 6 aromatic rings. The zero-order valence-electron chi connectivity index (χ0n) is 63.8. The van der Waals surface area contributed by atoms with Crippen LogP contribution in [0.3, 0.4) is 0 Å². The van der Waals surface area contributed by atoms with E-state index in [4.69, 9.17) is 12.3 Å². The van der Waals surface area contributed by atoms with Crippen LogP contribution in [0.25, 0.3) is 0 Å². The van der Waals surface area contributed by atoms with E-state index in [2.05, 4.69) is 194 Å². The van der Waals surface area contributed by atoms with Crippen LogP contribution in [0.15, 0.2) is 133 Å². The summed E-state index contributed by atoms with van der Waals surface area (Å²) in [5.74, 6) is 1.87. The Morgan fingerprint density at radius 1 is 0.343 bits per heavy atom. The van der Waals surface area contributed by atoms with E-state index < -0.39 is 41.8 Å². The van der Waals surface area contributed by atoms with Crippen LogP contribution >= 0.6 is 0 Å². The van der Waals surface area contributed by atoms with Crippen molar-refractivity contribution < 1.29 is 32.8 Å². The largest absolute Gasteiger partial charge is 0.508 e. The van der Waals surface area contributed by atoms with E-state index in [0.29, 0.717) is 23.0 Å². The van der Waals surface area contributed by atoms with Gasteiger partial charge in [-0.3, -0.25) is 0 Å². The van der Waals surface area contributed by atoms with Gasteiger partial charge in [0.25, 0.3) is 0 Å². The molecule has 0 aliphatic rings. The molecule has 0 heterocycles. The Morgan fingerprint density at radius 2 is 0.626 bits per heavy atom. The number of hydrogen-bond donors (Lipinski definition) is 4. The van der Waals surface area contributed by atoms with Gasteiger partial charge in [-0.15, -0.1) is 0 Å². The van der Waals surface area contributed by atoms with Crippen LogP contribution in [-0.2, 0) is 23.2 Å². The molecule has 0 radical (unpaired) electrons. The molecular weight excluding hydrogens is 1300 g/mol. The van der Waals surface area contributed by atoms with Gasteiger partial charge in [0.2, 0.25) is 0 Å². The normalized spacial score (nSPS) is 12.4. The molecule has 7 nitrogen and oxygen atoms in total. The van der Waals surface area contributed by atoms with Crippen LogP contribution < -0.4 is 10.4 Å². The molecule has 12 heteroatoms.